The number of ketones is 1. The second-order valence-corrected chi connectivity index (χ2v) is 8.03. The number of aromatic nitrogens is 1. The first-order valence-corrected chi connectivity index (χ1v) is 10.8. The number of benzene rings is 3. The van der Waals surface area contributed by atoms with E-state index in [2.05, 4.69) is 15.9 Å². The Kier molecular flexibility index (Phi) is 6.23. The lowest BCUT2D eigenvalue weighted by Gasteiger charge is -2.17. The normalized spacial score (nSPS) is 11.8. The number of fused-ring (bicyclic) bond motifs is 1. The second-order valence-electron chi connectivity index (χ2n) is 7.12. The molecule has 0 amide bonds. The van der Waals surface area contributed by atoms with Crippen LogP contribution in [0.4, 0.5) is 0 Å². The lowest BCUT2D eigenvalue weighted by Crippen LogP contribution is -2.27. The van der Waals surface area contributed by atoms with E-state index in [-0.39, 0.29) is 5.78 Å². The number of carbonyl (C=O) groups is 2. The zero-order valence-electron chi connectivity index (χ0n) is 16.9. The maximum Gasteiger partial charge on any atom is 0.339 e. The lowest BCUT2D eigenvalue weighted by atomic mass is 10.0. The third-order valence-corrected chi connectivity index (χ3v) is 5.52. The molecular weight excluding hydrogens is 454 g/mol. The third-order valence-electron chi connectivity index (χ3n) is 5.03. The summed E-state index contributed by atoms with van der Waals surface area (Å²) in [4.78, 5) is 30.8. The topological polar surface area (TPSA) is 56.3 Å². The lowest BCUT2D eigenvalue weighted by molar-refractivity contribution is 0.0279. The first-order valence-electron chi connectivity index (χ1n) is 10.0. The molecule has 0 fully saturated rings. The van der Waals surface area contributed by atoms with Crippen LogP contribution in [0.1, 0.15) is 34.1 Å². The fraction of sp³-hybridized carbons (Fsp3) is 0.115. The molecule has 0 spiro atoms. The molecule has 0 saturated carbocycles. The van der Waals surface area contributed by atoms with E-state index in [0.717, 1.165) is 10.0 Å². The highest BCUT2D eigenvalue weighted by Gasteiger charge is 2.25. The van der Waals surface area contributed by atoms with Crippen LogP contribution in [0.3, 0.4) is 0 Å². The first kappa shape index (κ1) is 20.9. The quantitative estimate of drug-likeness (QED) is 0.237. The van der Waals surface area contributed by atoms with Gasteiger partial charge in [-0.15, -0.1) is 0 Å². The van der Waals surface area contributed by atoms with Gasteiger partial charge >= 0.3 is 5.97 Å². The summed E-state index contributed by atoms with van der Waals surface area (Å²) in [6, 6.07) is 25.8. The van der Waals surface area contributed by atoms with Gasteiger partial charge in [0.2, 0.25) is 5.78 Å². The molecule has 0 N–H and O–H groups in total. The van der Waals surface area contributed by atoms with Crippen LogP contribution in [0.15, 0.2) is 89.4 Å². The van der Waals surface area contributed by atoms with E-state index in [4.69, 9.17) is 9.72 Å². The molecule has 4 nitrogen and oxygen atoms in total. The monoisotopic (exact) mass is 473 g/mol. The van der Waals surface area contributed by atoms with Crippen molar-refractivity contribution in [2.45, 2.75) is 19.4 Å². The van der Waals surface area contributed by atoms with Gasteiger partial charge in [-0.2, -0.15) is 0 Å². The Labute approximate surface area is 189 Å². The molecule has 0 aliphatic heterocycles. The minimum absolute atomic E-state index is 0.209. The summed E-state index contributed by atoms with van der Waals surface area (Å²) < 4.78 is 6.54. The molecule has 154 valence electrons. The fourth-order valence-electron chi connectivity index (χ4n) is 3.43. The highest BCUT2D eigenvalue weighted by molar-refractivity contribution is 9.10. The Morgan fingerprint density at radius 2 is 1.61 bits per heavy atom. The van der Waals surface area contributed by atoms with Gasteiger partial charge in [0.15, 0.2) is 6.10 Å². The Morgan fingerprint density at radius 1 is 0.935 bits per heavy atom. The Bertz CT molecular complexity index is 1240. The van der Waals surface area contributed by atoms with Crippen molar-refractivity contribution >= 4 is 38.6 Å². The molecule has 0 bridgehead atoms. The number of halogens is 1. The maximum absolute atomic E-state index is 13.2. The first-order chi connectivity index (χ1) is 15.1. The van der Waals surface area contributed by atoms with Crippen LogP contribution in [0, 0.1) is 0 Å². The van der Waals surface area contributed by atoms with Gasteiger partial charge in [0.1, 0.15) is 0 Å². The SMILES string of the molecule is CC[C@@H](OC(=O)c1cc(-c2ccccc2)nc2ccc(Br)cc12)C(=O)c1ccccc1. The summed E-state index contributed by atoms with van der Waals surface area (Å²) in [6.45, 7) is 1.83. The van der Waals surface area contributed by atoms with E-state index in [1.54, 1.807) is 30.3 Å². The van der Waals surface area contributed by atoms with Gasteiger partial charge in [0, 0.05) is 21.0 Å². The van der Waals surface area contributed by atoms with Gasteiger partial charge in [-0.25, -0.2) is 9.78 Å². The van der Waals surface area contributed by atoms with E-state index < -0.39 is 12.1 Å². The number of ether oxygens (including phenoxy) is 1. The number of rotatable bonds is 6. The van der Waals surface area contributed by atoms with Crippen molar-refractivity contribution in [1.29, 1.82) is 0 Å². The highest BCUT2D eigenvalue weighted by Crippen LogP contribution is 2.28. The van der Waals surface area contributed by atoms with Crippen LogP contribution in [-0.2, 0) is 4.74 Å². The summed E-state index contributed by atoms with van der Waals surface area (Å²) in [5.74, 6) is -0.752. The predicted octanol–water partition coefficient (Wildman–Crippen LogP) is 6.48. The third kappa shape index (κ3) is 4.57. The summed E-state index contributed by atoms with van der Waals surface area (Å²) in [7, 11) is 0. The summed E-state index contributed by atoms with van der Waals surface area (Å²) in [5.41, 5.74) is 3.15. The van der Waals surface area contributed by atoms with Crippen LogP contribution in [-0.4, -0.2) is 22.8 Å². The van der Waals surface area contributed by atoms with Crippen LogP contribution in [0.2, 0.25) is 0 Å². The number of carbonyl (C=O) groups excluding carboxylic acids is 2. The second kappa shape index (κ2) is 9.23. The number of pyridine rings is 1. The molecule has 4 aromatic rings. The maximum atomic E-state index is 13.2. The van der Waals surface area contributed by atoms with Crippen molar-refractivity contribution in [2.24, 2.45) is 0 Å². The van der Waals surface area contributed by atoms with Crippen LogP contribution in [0.5, 0.6) is 0 Å². The van der Waals surface area contributed by atoms with Gasteiger partial charge in [-0.3, -0.25) is 4.79 Å². The van der Waals surface area contributed by atoms with Gasteiger partial charge in [-0.05, 0) is 30.7 Å². The van der Waals surface area contributed by atoms with Gasteiger partial charge < -0.3 is 4.74 Å². The average Bonchev–Trinajstić information content (AvgIpc) is 2.82. The molecule has 0 saturated heterocycles. The molecule has 0 aliphatic rings. The van der Waals surface area contributed by atoms with Gasteiger partial charge in [0.25, 0.3) is 0 Å². The number of nitrogens with zero attached hydrogens (tertiary/aromatic N) is 1. The Balaban J connectivity index is 1.74. The van der Waals surface area contributed by atoms with E-state index in [1.807, 2.05) is 61.5 Å². The van der Waals surface area contributed by atoms with Crippen LogP contribution >= 0.6 is 15.9 Å². The van der Waals surface area contributed by atoms with E-state index in [0.29, 0.717) is 34.1 Å². The zero-order valence-corrected chi connectivity index (χ0v) is 18.5. The summed E-state index contributed by atoms with van der Waals surface area (Å²) in [6.07, 6.45) is -0.469. The molecular formula is C26H20BrNO3. The van der Waals surface area contributed by atoms with Crippen LogP contribution in [0.25, 0.3) is 22.2 Å². The van der Waals surface area contributed by atoms with Crippen molar-refractivity contribution in [1.82, 2.24) is 4.98 Å². The molecule has 0 unspecified atom stereocenters. The largest absolute Gasteiger partial charge is 0.450 e. The minimum Gasteiger partial charge on any atom is -0.450 e. The minimum atomic E-state index is -0.856. The molecule has 0 aliphatic carbocycles. The predicted molar refractivity (Wildman–Crippen MR) is 125 cm³/mol. The smallest absolute Gasteiger partial charge is 0.339 e. The molecule has 31 heavy (non-hydrogen) atoms. The number of hydrogen-bond acceptors (Lipinski definition) is 4. The summed E-state index contributed by atoms with van der Waals surface area (Å²) >= 11 is 3.46. The van der Waals surface area contributed by atoms with Crippen molar-refractivity contribution < 1.29 is 14.3 Å². The van der Waals surface area contributed by atoms with E-state index in [9.17, 15) is 9.59 Å². The Morgan fingerprint density at radius 3 is 2.29 bits per heavy atom. The number of Topliss-reactive ketones (excluding diaryl/α,β-unsaturated/α-hetero) is 1. The molecule has 1 atom stereocenters. The van der Waals surface area contributed by atoms with Crippen molar-refractivity contribution in [2.75, 3.05) is 0 Å². The number of esters is 1. The molecule has 4 rings (SSSR count). The summed E-state index contributed by atoms with van der Waals surface area (Å²) in [5, 5.41) is 0.668. The number of hydrogen-bond donors (Lipinski definition) is 0. The molecule has 1 aromatic heterocycles. The fourth-order valence-corrected chi connectivity index (χ4v) is 3.79. The standard InChI is InChI=1S/C26H20BrNO3/c1-2-24(25(29)18-11-7-4-8-12-18)31-26(30)21-16-23(17-9-5-3-6-10-17)28-22-14-13-19(27)15-20(21)22/h3-16,24H,2H2,1H3/t24-/m1/s1. The molecule has 1 heterocycles. The van der Waals surface area contributed by atoms with Crippen molar-refractivity contribution in [3.63, 3.8) is 0 Å². The Hall–Kier alpha value is -3.31. The van der Waals surface area contributed by atoms with Gasteiger partial charge in [0.05, 0.1) is 16.8 Å². The van der Waals surface area contributed by atoms with Crippen LogP contribution < -0.4 is 0 Å². The van der Waals surface area contributed by atoms with E-state index >= 15 is 0 Å². The van der Waals surface area contributed by atoms with Crippen molar-refractivity contribution in [3.05, 3.63) is 101 Å². The zero-order chi connectivity index (χ0) is 21.8. The molecule has 5 heteroatoms. The van der Waals surface area contributed by atoms with E-state index in [1.165, 1.54) is 0 Å². The average molecular weight is 474 g/mol. The highest BCUT2D eigenvalue weighted by atomic mass is 79.9. The van der Waals surface area contributed by atoms with Gasteiger partial charge in [-0.1, -0.05) is 83.5 Å². The molecule has 0 radical (unpaired) electrons. The molecule has 3 aromatic carbocycles. The van der Waals surface area contributed by atoms with Crippen molar-refractivity contribution in [3.8, 4) is 11.3 Å².